The number of carbonyl (C=O) groups excluding carboxylic acids is 3. The summed E-state index contributed by atoms with van der Waals surface area (Å²) in [5.74, 6) is 0.383. The Morgan fingerprint density at radius 2 is 1.59 bits per heavy atom. The van der Waals surface area contributed by atoms with Gasteiger partial charge in [0.1, 0.15) is 5.75 Å². The number of fused-ring (bicyclic) bond motifs is 1. The summed E-state index contributed by atoms with van der Waals surface area (Å²) in [6.07, 6.45) is 2.02. The van der Waals surface area contributed by atoms with Crippen LogP contribution in [-0.2, 0) is 20.7 Å². The van der Waals surface area contributed by atoms with Crippen LogP contribution in [0.5, 0.6) is 5.75 Å². The van der Waals surface area contributed by atoms with Crippen LogP contribution in [-0.4, -0.2) is 55.7 Å². The SMILES string of the molecule is CCOCCC(=O)NCCCCNC(=O)Cc1c(C)n(C(=O)c2ccc(C)cc2)c2ccc(OC)cc12. The van der Waals surface area contributed by atoms with Crippen LogP contribution in [0.25, 0.3) is 10.9 Å². The van der Waals surface area contributed by atoms with E-state index < -0.39 is 0 Å². The van der Waals surface area contributed by atoms with Gasteiger partial charge in [-0.05, 0) is 69.5 Å². The van der Waals surface area contributed by atoms with Crippen molar-refractivity contribution in [3.8, 4) is 5.75 Å². The maximum absolute atomic E-state index is 13.4. The first-order valence-corrected chi connectivity index (χ1v) is 12.8. The number of benzene rings is 2. The van der Waals surface area contributed by atoms with Gasteiger partial charge in [-0.15, -0.1) is 0 Å². The third-order valence-electron chi connectivity index (χ3n) is 6.31. The molecule has 0 saturated carbocycles. The second kappa shape index (κ2) is 13.6. The highest BCUT2D eigenvalue weighted by Crippen LogP contribution is 2.30. The molecule has 0 bridgehead atoms. The molecule has 0 saturated heterocycles. The summed E-state index contributed by atoms with van der Waals surface area (Å²) in [5.41, 5.74) is 3.94. The number of methoxy groups -OCH3 is 1. The molecule has 0 spiro atoms. The summed E-state index contributed by atoms with van der Waals surface area (Å²) in [4.78, 5) is 38.0. The first-order valence-electron chi connectivity index (χ1n) is 12.8. The van der Waals surface area contributed by atoms with Crippen molar-refractivity contribution in [1.29, 1.82) is 0 Å². The zero-order valence-corrected chi connectivity index (χ0v) is 22.2. The monoisotopic (exact) mass is 507 g/mol. The molecule has 1 heterocycles. The lowest BCUT2D eigenvalue weighted by atomic mass is 10.1. The van der Waals surface area contributed by atoms with Crippen molar-refractivity contribution < 1.29 is 23.9 Å². The molecular formula is C29H37N3O5. The van der Waals surface area contributed by atoms with Gasteiger partial charge in [-0.1, -0.05) is 17.7 Å². The molecule has 2 amide bonds. The number of rotatable bonds is 13. The van der Waals surface area contributed by atoms with Crippen molar-refractivity contribution in [2.45, 2.75) is 46.5 Å². The number of aromatic nitrogens is 1. The smallest absolute Gasteiger partial charge is 0.262 e. The van der Waals surface area contributed by atoms with Gasteiger partial charge in [-0.3, -0.25) is 19.0 Å². The van der Waals surface area contributed by atoms with E-state index in [4.69, 9.17) is 9.47 Å². The summed E-state index contributed by atoms with van der Waals surface area (Å²) >= 11 is 0. The second-order valence-electron chi connectivity index (χ2n) is 8.98. The molecule has 0 radical (unpaired) electrons. The van der Waals surface area contributed by atoms with Crippen LogP contribution in [0.4, 0.5) is 0 Å². The van der Waals surface area contributed by atoms with Gasteiger partial charge in [0.2, 0.25) is 11.8 Å². The number of nitrogens with zero attached hydrogens (tertiary/aromatic N) is 1. The predicted octanol–water partition coefficient (Wildman–Crippen LogP) is 3.94. The van der Waals surface area contributed by atoms with Gasteiger partial charge < -0.3 is 20.1 Å². The third kappa shape index (κ3) is 7.43. The van der Waals surface area contributed by atoms with Crippen molar-refractivity contribution in [3.63, 3.8) is 0 Å². The molecule has 0 aliphatic carbocycles. The molecule has 37 heavy (non-hydrogen) atoms. The van der Waals surface area contributed by atoms with E-state index >= 15 is 0 Å². The average Bonchev–Trinajstić information content (AvgIpc) is 3.16. The number of ether oxygens (including phenoxy) is 2. The fraction of sp³-hybridized carbons (Fsp3) is 0.414. The number of nitrogens with one attached hydrogen (secondary N) is 2. The van der Waals surface area contributed by atoms with E-state index in [1.807, 2.05) is 63.2 Å². The first-order chi connectivity index (χ1) is 17.8. The number of hydrogen-bond acceptors (Lipinski definition) is 5. The van der Waals surface area contributed by atoms with Crippen molar-refractivity contribution in [2.75, 3.05) is 33.4 Å². The van der Waals surface area contributed by atoms with Gasteiger partial charge in [-0.2, -0.15) is 0 Å². The maximum atomic E-state index is 13.4. The Balaban J connectivity index is 1.64. The largest absolute Gasteiger partial charge is 0.497 e. The molecular weight excluding hydrogens is 470 g/mol. The molecule has 3 aromatic rings. The Morgan fingerprint density at radius 3 is 2.24 bits per heavy atom. The molecule has 3 rings (SSSR count). The van der Waals surface area contributed by atoms with Gasteiger partial charge in [0.05, 0.1) is 25.7 Å². The van der Waals surface area contributed by atoms with Crippen LogP contribution in [0.1, 0.15) is 53.4 Å². The molecule has 0 fully saturated rings. The van der Waals surface area contributed by atoms with Crippen LogP contribution in [0.3, 0.4) is 0 Å². The fourth-order valence-corrected chi connectivity index (χ4v) is 4.23. The quantitative estimate of drug-likeness (QED) is 0.342. The van der Waals surface area contributed by atoms with Gasteiger partial charge in [0.15, 0.2) is 0 Å². The number of carbonyl (C=O) groups is 3. The van der Waals surface area contributed by atoms with Crippen LogP contribution in [0, 0.1) is 13.8 Å². The summed E-state index contributed by atoms with van der Waals surface area (Å²) in [5, 5.41) is 6.64. The molecule has 2 aromatic carbocycles. The predicted molar refractivity (Wildman–Crippen MR) is 144 cm³/mol. The Bertz CT molecular complexity index is 1230. The minimum absolute atomic E-state index is 0.0278. The van der Waals surface area contributed by atoms with E-state index in [0.717, 1.165) is 40.6 Å². The summed E-state index contributed by atoms with van der Waals surface area (Å²) < 4.78 is 12.3. The lowest BCUT2D eigenvalue weighted by Gasteiger charge is -2.09. The lowest BCUT2D eigenvalue weighted by Crippen LogP contribution is -2.28. The number of amides is 2. The Labute approximate surface area is 218 Å². The van der Waals surface area contributed by atoms with E-state index in [9.17, 15) is 14.4 Å². The highest BCUT2D eigenvalue weighted by Gasteiger charge is 2.22. The van der Waals surface area contributed by atoms with E-state index in [1.165, 1.54) is 0 Å². The molecule has 8 heteroatoms. The first kappa shape index (κ1) is 27.9. The number of aryl methyl sites for hydroxylation is 1. The standard InChI is InChI=1S/C29H37N3O5/c1-5-37-17-14-27(33)30-15-6-7-16-31-28(34)19-24-21(3)32(26-13-12-23(36-4)18-25(24)26)29(35)22-10-8-20(2)9-11-22/h8-13,18H,5-7,14-17,19H2,1-4H3,(H,30,33)(H,31,34). The van der Waals surface area contributed by atoms with Crippen molar-refractivity contribution in [3.05, 3.63) is 64.8 Å². The fourth-order valence-electron chi connectivity index (χ4n) is 4.23. The van der Waals surface area contributed by atoms with Gasteiger partial charge in [0, 0.05) is 42.8 Å². The molecule has 2 N–H and O–H groups in total. The molecule has 0 unspecified atom stereocenters. The van der Waals surface area contributed by atoms with Crippen LogP contribution in [0.15, 0.2) is 42.5 Å². The van der Waals surface area contributed by atoms with Crippen LogP contribution < -0.4 is 15.4 Å². The summed E-state index contributed by atoms with van der Waals surface area (Å²) in [6, 6.07) is 13.0. The maximum Gasteiger partial charge on any atom is 0.262 e. The van der Waals surface area contributed by atoms with Gasteiger partial charge >= 0.3 is 0 Å². The average molecular weight is 508 g/mol. The van der Waals surface area contributed by atoms with Crippen LogP contribution in [0.2, 0.25) is 0 Å². The summed E-state index contributed by atoms with van der Waals surface area (Å²) in [6.45, 7) is 7.85. The molecule has 1 aromatic heterocycles. The molecule has 0 atom stereocenters. The molecule has 8 nitrogen and oxygen atoms in total. The summed E-state index contributed by atoms with van der Waals surface area (Å²) in [7, 11) is 1.59. The highest BCUT2D eigenvalue weighted by atomic mass is 16.5. The van der Waals surface area contributed by atoms with Gasteiger partial charge in [0.25, 0.3) is 5.91 Å². The van der Waals surface area contributed by atoms with Crippen molar-refractivity contribution in [1.82, 2.24) is 15.2 Å². The van der Waals surface area contributed by atoms with Gasteiger partial charge in [-0.25, -0.2) is 0 Å². The topological polar surface area (TPSA) is 98.7 Å². The van der Waals surface area contributed by atoms with Crippen molar-refractivity contribution >= 4 is 28.6 Å². The van der Waals surface area contributed by atoms with E-state index in [2.05, 4.69) is 10.6 Å². The van der Waals surface area contributed by atoms with E-state index in [1.54, 1.807) is 11.7 Å². The third-order valence-corrected chi connectivity index (χ3v) is 6.31. The Hall–Kier alpha value is -3.65. The van der Waals surface area contributed by atoms with Crippen LogP contribution >= 0.6 is 0 Å². The van der Waals surface area contributed by atoms with Crippen molar-refractivity contribution in [2.24, 2.45) is 0 Å². The number of unbranched alkanes of at least 4 members (excludes halogenated alkanes) is 1. The Kier molecular flexibility index (Phi) is 10.3. The highest BCUT2D eigenvalue weighted by molar-refractivity contribution is 6.05. The van der Waals surface area contributed by atoms with E-state index in [0.29, 0.717) is 44.0 Å². The van der Waals surface area contributed by atoms with E-state index in [-0.39, 0.29) is 24.1 Å². The zero-order chi connectivity index (χ0) is 26.8. The molecule has 198 valence electrons. The lowest BCUT2D eigenvalue weighted by molar-refractivity contribution is -0.122. The Morgan fingerprint density at radius 1 is 0.919 bits per heavy atom. The molecule has 0 aliphatic rings. The minimum Gasteiger partial charge on any atom is -0.497 e. The normalized spacial score (nSPS) is 10.9. The zero-order valence-electron chi connectivity index (χ0n) is 22.2. The minimum atomic E-state index is -0.136. The second-order valence-corrected chi connectivity index (χ2v) is 8.98. The molecule has 0 aliphatic heterocycles. The number of hydrogen-bond donors (Lipinski definition) is 2.